The van der Waals surface area contributed by atoms with Crippen LogP contribution in [0.5, 0.6) is 5.75 Å². The van der Waals surface area contributed by atoms with Gasteiger partial charge in [0.25, 0.3) is 0 Å². The summed E-state index contributed by atoms with van der Waals surface area (Å²) in [5.41, 5.74) is 0.710. The maximum atomic E-state index is 12.4. The van der Waals surface area contributed by atoms with Crippen LogP contribution in [0.3, 0.4) is 0 Å². The molecule has 1 aromatic rings. The lowest BCUT2D eigenvalue weighted by molar-refractivity contribution is -0.120. The Morgan fingerprint density at radius 3 is 2.62 bits per heavy atom. The molecule has 21 heavy (non-hydrogen) atoms. The summed E-state index contributed by atoms with van der Waals surface area (Å²) < 4.78 is 6.92. The maximum absolute atomic E-state index is 12.4. The van der Waals surface area contributed by atoms with E-state index in [0.717, 1.165) is 35.1 Å². The molecular weight excluding hydrogens is 402 g/mol. The molecule has 1 aliphatic rings. The average Bonchev–Trinajstić information content (AvgIpc) is 2.50. The molecule has 7 heteroatoms. The number of nitrogens with zero attached hydrogens (tertiary/aromatic N) is 1. The number of carbonyl (C=O) groups is 1. The third kappa shape index (κ3) is 4.18. The van der Waals surface area contributed by atoms with E-state index in [9.17, 15) is 4.79 Å². The highest BCUT2D eigenvalue weighted by molar-refractivity contribution is 9.11. The van der Waals surface area contributed by atoms with Gasteiger partial charge in [0.05, 0.1) is 23.3 Å². The molecule has 1 heterocycles. The molecule has 0 radical (unpaired) electrons. The van der Waals surface area contributed by atoms with Crippen molar-refractivity contribution in [3.63, 3.8) is 0 Å². The van der Waals surface area contributed by atoms with Crippen LogP contribution in [0.1, 0.15) is 6.92 Å². The van der Waals surface area contributed by atoms with Crippen LogP contribution < -0.4 is 15.4 Å². The van der Waals surface area contributed by atoms with E-state index in [4.69, 9.17) is 4.74 Å². The van der Waals surface area contributed by atoms with E-state index in [2.05, 4.69) is 47.4 Å². The predicted octanol–water partition coefficient (Wildman–Crippen LogP) is 2.45. The van der Waals surface area contributed by atoms with Crippen LogP contribution in [-0.2, 0) is 4.79 Å². The second-order valence-electron chi connectivity index (χ2n) is 4.92. The van der Waals surface area contributed by atoms with Gasteiger partial charge in [0.2, 0.25) is 5.91 Å². The topological polar surface area (TPSA) is 53.6 Å². The third-order valence-corrected chi connectivity index (χ3v) is 4.85. The van der Waals surface area contributed by atoms with E-state index >= 15 is 0 Å². The number of ether oxygens (including phenoxy) is 1. The summed E-state index contributed by atoms with van der Waals surface area (Å²) in [4.78, 5) is 14.6. The number of carbonyl (C=O) groups excluding carboxylic acids is 1. The first-order valence-electron chi connectivity index (χ1n) is 6.81. The second kappa shape index (κ2) is 7.58. The van der Waals surface area contributed by atoms with Gasteiger partial charge in [-0.25, -0.2) is 0 Å². The Bertz CT molecular complexity index is 519. The molecule has 0 bridgehead atoms. The molecule has 1 unspecified atom stereocenters. The summed E-state index contributed by atoms with van der Waals surface area (Å²) >= 11 is 6.88. The first-order valence-corrected chi connectivity index (χ1v) is 8.40. The number of anilines is 1. The molecule has 0 aromatic heterocycles. The van der Waals surface area contributed by atoms with Gasteiger partial charge in [0.15, 0.2) is 0 Å². The molecule has 1 aromatic carbocycles. The monoisotopic (exact) mass is 419 g/mol. The normalized spacial score (nSPS) is 17.3. The zero-order valence-electron chi connectivity index (χ0n) is 12.1. The summed E-state index contributed by atoms with van der Waals surface area (Å²) in [6, 6.07) is 3.51. The highest BCUT2D eigenvalue weighted by atomic mass is 79.9. The van der Waals surface area contributed by atoms with Gasteiger partial charge < -0.3 is 15.4 Å². The molecule has 1 amide bonds. The lowest BCUT2D eigenvalue weighted by Gasteiger charge is -2.31. The van der Waals surface area contributed by atoms with Gasteiger partial charge >= 0.3 is 0 Å². The zero-order valence-corrected chi connectivity index (χ0v) is 15.3. The molecule has 1 aliphatic heterocycles. The van der Waals surface area contributed by atoms with Crippen molar-refractivity contribution in [1.29, 1.82) is 0 Å². The third-order valence-electron chi connectivity index (χ3n) is 3.58. The van der Waals surface area contributed by atoms with Gasteiger partial charge in [-0.2, -0.15) is 0 Å². The van der Waals surface area contributed by atoms with Crippen LogP contribution in [0, 0.1) is 0 Å². The molecule has 0 saturated carbocycles. The van der Waals surface area contributed by atoms with E-state index in [1.54, 1.807) is 13.2 Å². The molecule has 1 fully saturated rings. The minimum atomic E-state index is -0.159. The number of rotatable bonds is 4. The molecule has 1 atom stereocenters. The minimum absolute atomic E-state index is 0.0121. The van der Waals surface area contributed by atoms with Crippen molar-refractivity contribution in [2.75, 3.05) is 38.6 Å². The van der Waals surface area contributed by atoms with Crippen LogP contribution in [0.4, 0.5) is 5.69 Å². The molecule has 5 nitrogen and oxygen atoms in total. The molecule has 1 saturated heterocycles. The molecule has 2 N–H and O–H groups in total. The van der Waals surface area contributed by atoms with Gasteiger partial charge in [0.1, 0.15) is 5.75 Å². The van der Waals surface area contributed by atoms with Gasteiger partial charge in [0, 0.05) is 36.7 Å². The summed E-state index contributed by atoms with van der Waals surface area (Å²) in [5, 5.41) is 6.25. The number of benzene rings is 1. The Hall–Kier alpha value is -0.630. The summed E-state index contributed by atoms with van der Waals surface area (Å²) in [5.74, 6) is 0.672. The molecule has 0 aliphatic carbocycles. The van der Waals surface area contributed by atoms with Crippen molar-refractivity contribution >= 4 is 43.5 Å². The van der Waals surface area contributed by atoms with Gasteiger partial charge in [-0.1, -0.05) is 0 Å². The van der Waals surface area contributed by atoms with Gasteiger partial charge in [-0.05, 0) is 44.8 Å². The van der Waals surface area contributed by atoms with Crippen molar-refractivity contribution in [2.24, 2.45) is 0 Å². The van der Waals surface area contributed by atoms with Crippen molar-refractivity contribution in [3.8, 4) is 5.75 Å². The molecular formula is C14H19Br2N3O2. The molecule has 0 spiro atoms. The fourth-order valence-electron chi connectivity index (χ4n) is 2.25. The fourth-order valence-corrected chi connectivity index (χ4v) is 3.51. The lowest BCUT2D eigenvalue weighted by Crippen LogP contribution is -2.51. The highest BCUT2D eigenvalue weighted by Crippen LogP contribution is 2.34. The number of methoxy groups -OCH3 is 1. The van der Waals surface area contributed by atoms with E-state index < -0.39 is 0 Å². The van der Waals surface area contributed by atoms with Crippen molar-refractivity contribution in [2.45, 2.75) is 13.0 Å². The number of hydrogen-bond donors (Lipinski definition) is 2. The van der Waals surface area contributed by atoms with Crippen LogP contribution in [0.25, 0.3) is 0 Å². The van der Waals surface area contributed by atoms with E-state index in [1.807, 2.05) is 13.0 Å². The Morgan fingerprint density at radius 2 is 2.00 bits per heavy atom. The van der Waals surface area contributed by atoms with Crippen LogP contribution in [0.15, 0.2) is 21.1 Å². The number of nitrogens with one attached hydrogen (secondary N) is 2. The first kappa shape index (κ1) is 16.7. The quantitative estimate of drug-likeness (QED) is 0.785. The van der Waals surface area contributed by atoms with Crippen LogP contribution in [0.2, 0.25) is 0 Å². The lowest BCUT2D eigenvalue weighted by atomic mass is 10.2. The Morgan fingerprint density at radius 1 is 1.33 bits per heavy atom. The SMILES string of the molecule is COc1cc(NC(=O)C(C)N2CCNCC2)c(Br)cc1Br. The number of halogens is 2. The van der Waals surface area contributed by atoms with Crippen molar-refractivity contribution in [3.05, 3.63) is 21.1 Å². The van der Waals surface area contributed by atoms with E-state index in [0.29, 0.717) is 11.4 Å². The molecule has 116 valence electrons. The standard InChI is InChI=1S/C14H19Br2N3O2/c1-9(19-5-3-17-4-6-19)14(20)18-12-8-13(21-2)11(16)7-10(12)15/h7-9,17H,3-6H2,1-2H3,(H,18,20). The highest BCUT2D eigenvalue weighted by Gasteiger charge is 2.23. The maximum Gasteiger partial charge on any atom is 0.241 e. The minimum Gasteiger partial charge on any atom is -0.495 e. The Kier molecular flexibility index (Phi) is 6.04. The van der Waals surface area contributed by atoms with Gasteiger partial charge in [-0.3, -0.25) is 9.69 Å². The second-order valence-corrected chi connectivity index (χ2v) is 6.63. The van der Waals surface area contributed by atoms with E-state index in [-0.39, 0.29) is 11.9 Å². The van der Waals surface area contributed by atoms with Crippen LogP contribution in [-0.4, -0.2) is 50.1 Å². The fraction of sp³-hybridized carbons (Fsp3) is 0.500. The predicted molar refractivity (Wildman–Crippen MR) is 90.9 cm³/mol. The Labute approximate surface area is 141 Å². The number of hydrogen-bond acceptors (Lipinski definition) is 4. The smallest absolute Gasteiger partial charge is 0.241 e. The largest absolute Gasteiger partial charge is 0.495 e. The average molecular weight is 421 g/mol. The van der Waals surface area contributed by atoms with Crippen LogP contribution >= 0.6 is 31.9 Å². The summed E-state index contributed by atoms with van der Waals surface area (Å²) in [6.07, 6.45) is 0. The first-order chi connectivity index (χ1) is 10.0. The van der Waals surface area contributed by atoms with E-state index in [1.165, 1.54) is 0 Å². The van der Waals surface area contributed by atoms with Crippen molar-refractivity contribution in [1.82, 2.24) is 10.2 Å². The van der Waals surface area contributed by atoms with Crippen molar-refractivity contribution < 1.29 is 9.53 Å². The van der Waals surface area contributed by atoms with Gasteiger partial charge in [-0.15, -0.1) is 0 Å². The number of piperazine rings is 1. The molecule has 2 rings (SSSR count). The zero-order chi connectivity index (χ0) is 15.4. The summed E-state index contributed by atoms with van der Waals surface area (Å²) in [6.45, 7) is 5.56. The summed E-state index contributed by atoms with van der Waals surface area (Å²) in [7, 11) is 1.60. The number of amides is 1. The Balaban J connectivity index is 2.08.